The number of imide groups is 1. The van der Waals surface area contributed by atoms with Gasteiger partial charge in [0.2, 0.25) is 0 Å². The quantitative estimate of drug-likeness (QED) is 0.596. The van der Waals surface area contributed by atoms with E-state index in [0.717, 1.165) is 39.1 Å². The fourth-order valence-electron chi connectivity index (χ4n) is 4.12. The Kier molecular flexibility index (Phi) is 5.05. The first-order valence-electron chi connectivity index (χ1n) is 9.38. The average molecular weight is 421 g/mol. The van der Waals surface area contributed by atoms with E-state index in [4.69, 9.17) is 16.3 Å². The SMILES string of the molecule is CC1CCCCC12NC(=O)N(CC(=O)OCc1sc3ccccc3c1Cl)C2=O. The van der Waals surface area contributed by atoms with Crippen molar-refractivity contribution in [1.29, 1.82) is 0 Å². The Morgan fingerprint density at radius 3 is 2.89 bits per heavy atom. The van der Waals surface area contributed by atoms with Gasteiger partial charge in [0.25, 0.3) is 5.91 Å². The fraction of sp³-hybridized carbons (Fsp3) is 0.450. The minimum Gasteiger partial charge on any atom is -0.459 e. The van der Waals surface area contributed by atoms with E-state index in [9.17, 15) is 14.4 Å². The van der Waals surface area contributed by atoms with Gasteiger partial charge in [-0.2, -0.15) is 0 Å². The summed E-state index contributed by atoms with van der Waals surface area (Å²) < 4.78 is 6.33. The van der Waals surface area contributed by atoms with E-state index in [1.54, 1.807) is 0 Å². The van der Waals surface area contributed by atoms with E-state index >= 15 is 0 Å². The Labute approximate surface area is 171 Å². The number of esters is 1. The molecule has 3 amide bonds. The molecular formula is C20H21ClN2O4S. The van der Waals surface area contributed by atoms with Crippen molar-refractivity contribution in [2.75, 3.05) is 6.54 Å². The number of hydrogen-bond donors (Lipinski definition) is 1. The van der Waals surface area contributed by atoms with Gasteiger partial charge in [0.1, 0.15) is 18.7 Å². The smallest absolute Gasteiger partial charge is 0.326 e. The molecule has 0 bridgehead atoms. The van der Waals surface area contributed by atoms with Crippen LogP contribution in [0.25, 0.3) is 10.1 Å². The van der Waals surface area contributed by atoms with Crippen LogP contribution >= 0.6 is 22.9 Å². The normalized spacial score (nSPS) is 24.8. The van der Waals surface area contributed by atoms with Crippen LogP contribution in [0.2, 0.25) is 5.02 Å². The maximum atomic E-state index is 12.9. The monoisotopic (exact) mass is 420 g/mol. The Morgan fingerprint density at radius 2 is 2.14 bits per heavy atom. The number of halogens is 1. The molecule has 6 nitrogen and oxygen atoms in total. The van der Waals surface area contributed by atoms with Gasteiger partial charge in [0, 0.05) is 10.1 Å². The van der Waals surface area contributed by atoms with Crippen molar-refractivity contribution >= 4 is 50.9 Å². The molecule has 2 aliphatic rings. The highest BCUT2D eigenvalue weighted by Gasteiger charge is 2.55. The van der Waals surface area contributed by atoms with Gasteiger partial charge < -0.3 is 10.1 Å². The molecule has 2 atom stereocenters. The summed E-state index contributed by atoms with van der Waals surface area (Å²) in [4.78, 5) is 39.3. The molecule has 1 aliphatic carbocycles. The molecule has 28 heavy (non-hydrogen) atoms. The number of ether oxygens (including phenoxy) is 1. The number of carbonyl (C=O) groups excluding carboxylic acids is 3. The summed E-state index contributed by atoms with van der Waals surface area (Å²) >= 11 is 7.82. The number of nitrogens with one attached hydrogen (secondary N) is 1. The molecule has 2 heterocycles. The first-order valence-corrected chi connectivity index (χ1v) is 10.6. The van der Waals surface area contributed by atoms with Crippen molar-refractivity contribution in [3.63, 3.8) is 0 Å². The van der Waals surface area contributed by atoms with Crippen LogP contribution in [0.5, 0.6) is 0 Å². The third-order valence-corrected chi connectivity index (χ3v) is 7.44. The number of amides is 3. The van der Waals surface area contributed by atoms with Crippen molar-refractivity contribution in [1.82, 2.24) is 10.2 Å². The zero-order chi connectivity index (χ0) is 19.9. The van der Waals surface area contributed by atoms with Crippen LogP contribution < -0.4 is 5.32 Å². The van der Waals surface area contributed by atoms with Crippen molar-refractivity contribution in [3.05, 3.63) is 34.2 Å². The van der Waals surface area contributed by atoms with Gasteiger partial charge in [-0.25, -0.2) is 4.79 Å². The molecule has 2 aromatic rings. The van der Waals surface area contributed by atoms with Crippen LogP contribution in [0.3, 0.4) is 0 Å². The third-order valence-electron chi connectivity index (χ3n) is 5.75. The lowest BCUT2D eigenvalue weighted by Crippen LogP contribution is -2.54. The maximum absolute atomic E-state index is 12.9. The second-order valence-electron chi connectivity index (χ2n) is 7.44. The second-order valence-corrected chi connectivity index (χ2v) is 8.95. The lowest BCUT2D eigenvalue weighted by Gasteiger charge is -2.36. The highest BCUT2D eigenvalue weighted by Crippen LogP contribution is 2.38. The van der Waals surface area contributed by atoms with E-state index < -0.39 is 17.5 Å². The summed E-state index contributed by atoms with van der Waals surface area (Å²) in [5.74, 6) is -0.893. The zero-order valence-corrected chi connectivity index (χ0v) is 17.1. The van der Waals surface area contributed by atoms with Crippen LogP contribution in [0.15, 0.2) is 24.3 Å². The van der Waals surface area contributed by atoms with Gasteiger partial charge >= 0.3 is 12.0 Å². The van der Waals surface area contributed by atoms with Crippen molar-refractivity contribution in [2.24, 2.45) is 5.92 Å². The number of fused-ring (bicyclic) bond motifs is 1. The summed E-state index contributed by atoms with van der Waals surface area (Å²) in [6.07, 6.45) is 3.43. The molecule has 1 spiro atoms. The molecule has 4 rings (SSSR count). The summed E-state index contributed by atoms with van der Waals surface area (Å²) in [5.41, 5.74) is -0.871. The van der Waals surface area contributed by atoms with Crippen LogP contribution in [0.1, 0.15) is 37.5 Å². The van der Waals surface area contributed by atoms with Crippen molar-refractivity contribution in [2.45, 2.75) is 44.8 Å². The predicted molar refractivity (Wildman–Crippen MR) is 107 cm³/mol. The van der Waals surface area contributed by atoms with Crippen molar-refractivity contribution < 1.29 is 19.1 Å². The third kappa shape index (κ3) is 3.16. The largest absolute Gasteiger partial charge is 0.459 e. The second kappa shape index (κ2) is 7.37. The molecule has 2 unspecified atom stereocenters. The number of hydrogen-bond acceptors (Lipinski definition) is 5. The molecule has 1 saturated carbocycles. The Morgan fingerprint density at radius 1 is 1.36 bits per heavy atom. The molecule has 1 aliphatic heterocycles. The molecule has 1 N–H and O–H groups in total. The van der Waals surface area contributed by atoms with E-state index in [0.29, 0.717) is 11.4 Å². The Hall–Kier alpha value is -2.12. The lowest BCUT2D eigenvalue weighted by molar-refractivity contribution is -0.149. The summed E-state index contributed by atoms with van der Waals surface area (Å²) in [7, 11) is 0. The minimum atomic E-state index is -0.871. The maximum Gasteiger partial charge on any atom is 0.326 e. The molecule has 148 valence electrons. The van der Waals surface area contributed by atoms with Crippen LogP contribution in [0.4, 0.5) is 4.79 Å². The molecule has 1 saturated heterocycles. The van der Waals surface area contributed by atoms with Gasteiger partial charge in [-0.3, -0.25) is 14.5 Å². The fourth-order valence-corrected chi connectivity index (χ4v) is 5.52. The first-order chi connectivity index (χ1) is 13.4. The highest BCUT2D eigenvalue weighted by atomic mass is 35.5. The molecule has 2 fully saturated rings. The van der Waals surface area contributed by atoms with Gasteiger partial charge in [-0.1, -0.05) is 49.6 Å². The van der Waals surface area contributed by atoms with E-state index in [1.165, 1.54) is 11.3 Å². The zero-order valence-electron chi connectivity index (χ0n) is 15.5. The lowest BCUT2D eigenvalue weighted by atomic mass is 9.73. The molecule has 0 radical (unpaired) electrons. The molecule has 1 aromatic carbocycles. The van der Waals surface area contributed by atoms with Gasteiger partial charge in [-0.15, -0.1) is 11.3 Å². The summed E-state index contributed by atoms with van der Waals surface area (Å²) in [5, 5.41) is 4.32. The van der Waals surface area contributed by atoms with Gasteiger partial charge in [-0.05, 0) is 24.8 Å². The number of carbonyl (C=O) groups is 3. The Bertz CT molecular complexity index is 959. The van der Waals surface area contributed by atoms with Crippen LogP contribution in [0, 0.1) is 5.92 Å². The van der Waals surface area contributed by atoms with Crippen LogP contribution in [-0.2, 0) is 20.9 Å². The average Bonchev–Trinajstić information content (AvgIpc) is 3.12. The number of rotatable bonds is 4. The summed E-state index contributed by atoms with van der Waals surface area (Å²) in [6.45, 7) is 1.60. The predicted octanol–water partition coefficient (Wildman–Crippen LogP) is 4.10. The number of benzene rings is 1. The van der Waals surface area contributed by atoms with Gasteiger partial charge in [0.05, 0.1) is 9.90 Å². The Balaban J connectivity index is 1.41. The molecular weight excluding hydrogens is 400 g/mol. The number of urea groups is 1. The topological polar surface area (TPSA) is 75.7 Å². The van der Waals surface area contributed by atoms with Crippen molar-refractivity contribution in [3.8, 4) is 0 Å². The standard InChI is InChI=1S/C20H21ClN2O4S/c1-12-6-4-5-9-20(12)18(25)23(19(26)22-20)10-16(24)27-11-15-17(21)13-7-2-3-8-14(13)28-15/h2-3,7-8,12H,4-6,9-11H2,1H3,(H,22,26). The minimum absolute atomic E-state index is 0.0161. The van der Waals surface area contributed by atoms with Crippen LogP contribution in [-0.4, -0.2) is 34.9 Å². The van der Waals surface area contributed by atoms with E-state index in [-0.39, 0.29) is 25.0 Å². The number of nitrogens with zero attached hydrogens (tertiary/aromatic N) is 1. The first kappa shape index (κ1) is 19.2. The molecule has 1 aromatic heterocycles. The number of thiophene rings is 1. The molecule has 8 heteroatoms. The van der Waals surface area contributed by atoms with E-state index in [1.807, 2.05) is 31.2 Å². The van der Waals surface area contributed by atoms with Gasteiger partial charge in [0.15, 0.2) is 0 Å². The summed E-state index contributed by atoms with van der Waals surface area (Å²) in [6, 6.07) is 7.17. The highest BCUT2D eigenvalue weighted by molar-refractivity contribution is 7.19. The van der Waals surface area contributed by atoms with E-state index in [2.05, 4.69) is 5.32 Å².